The van der Waals surface area contributed by atoms with Crippen LogP contribution in [0.15, 0.2) is 22.7 Å². The molecule has 0 radical (unpaired) electrons. The first-order chi connectivity index (χ1) is 15.1. The molecule has 164 valence electrons. The summed E-state index contributed by atoms with van der Waals surface area (Å²) in [5, 5.41) is 8.42. The van der Waals surface area contributed by atoms with Crippen molar-refractivity contribution in [3.63, 3.8) is 0 Å². The second kappa shape index (κ2) is 8.51. The lowest BCUT2D eigenvalue weighted by Gasteiger charge is -2.35. The Hall–Kier alpha value is -2.58. The summed E-state index contributed by atoms with van der Waals surface area (Å²) in [6, 6.07) is 6.42. The lowest BCUT2D eigenvalue weighted by Crippen LogP contribution is -2.46. The number of benzene rings is 1. The molecule has 3 aromatic rings. The maximum absolute atomic E-state index is 14.9. The summed E-state index contributed by atoms with van der Waals surface area (Å²) >= 11 is 0. The van der Waals surface area contributed by atoms with Crippen LogP contribution >= 0.6 is 0 Å². The molecule has 7 nitrogen and oxygen atoms in total. The number of nitrogens with one attached hydrogen (secondary N) is 1. The molecule has 1 N–H and O–H groups in total. The smallest absolute Gasteiger partial charge is 0.261 e. The lowest BCUT2D eigenvalue weighted by atomic mass is 10.0. The van der Waals surface area contributed by atoms with Crippen LogP contribution in [0.2, 0.25) is 0 Å². The van der Waals surface area contributed by atoms with Crippen molar-refractivity contribution in [1.82, 2.24) is 20.4 Å². The van der Waals surface area contributed by atoms with E-state index in [0.717, 1.165) is 68.5 Å². The normalized spacial score (nSPS) is 20.1. The van der Waals surface area contributed by atoms with Crippen molar-refractivity contribution in [2.24, 2.45) is 0 Å². The Morgan fingerprint density at radius 2 is 1.97 bits per heavy atom. The minimum atomic E-state index is -0.290. The van der Waals surface area contributed by atoms with Gasteiger partial charge in [-0.3, -0.25) is 0 Å². The number of hydrogen-bond acceptors (Lipinski definition) is 7. The highest BCUT2D eigenvalue weighted by Gasteiger charge is 2.27. The zero-order valence-corrected chi connectivity index (χ0v) is 18.0. The summed E-state index contributed by atoms with van der Waals surface area (Å²) in [6.07, 6.45) is 3.83. The van der Waals surface area contributed by atoms with Crippen molar-refractivity contribution in [2.45, 2.75) is 51.6 Å². The maximum atomic E-state index is 14.9. The quantitative estimate of drug-likeness (QED) is 0.669. The number of anilines is 1. The second-order valence-electron chi connectivity index (χ2n) is 8.50. The summed E-state index contributed by atoms with van der Waals surface area (Å²) in [6.45, 7) is 7.11. The zero-order valence-electron chi connectivity index (χ0n) is 18.0. The van der Waals surface area contributed by atoms with E-state index < -0.39 is 0 Å². The number of rotatable bonds is 5. The highest BCUT2D eigenvalue weighted by atomic mass is 19.1. The van der Waals surface area contributed by atoms with Gasteiger partial charge in [0, 0.05) is 37.2 Å². The molecule has 2 aliphatic heterocycles. The number of aromatic nitrogens is 3. The highest BCUT2D eigenvalue weighted by molar-refractivity contribution is 5.88. The van der Waals surface area contributed by atoms with Gasteiger partial charge in [-0.1, -0.05) is 12.1 Å². The Balaban J connectivity index is 1.47. The molecule has 0 aliphatic carbocycles. The van der Waals surface area contributed by atoms with Gasteiger partial charge in [0.05, 0.1) is 12.2 Å². The molecule has 0 amide bonds. The molecule has 0 bridgehead atoms. The maximum Gasteiger partial charge on any atom is 0.261 e. The van der Waals surface area contributed by atoms with E-state index in [-0.39, 0.29) is 5.82 Å². The summed E-state index contributed by atoms with van der Waals surface area (Å²) in [5.74, 6) is 1.41. The Morgan fingerprint density at radius 1 is 1.13 bits per heavy atom. The molecule has 2 aromatic heterocycles. The largest absolute Gasteiger partial charge is 0.380 e. The number of aryl methyl sites for hydroxylation is 2. The van der Waals surface area contributed by atoms with E-state index in [2.05, 4.69) is 20.4 Å². The number of ether oxygens (including phenoxy) is 1. The first-order valence-electron chi connectivity index (χ1n) is 11.1. The number of piperidine rings is 1. The molecule has 0 saturated carbocycles. The molecular formula is C23H28FN5O2. The molecule has 0 unspecified atom stereocenters. The fourth-order valence-electron chi connectivity index (χ4n) is 4.56. The summed E-state index contributed by atoms with van der Waals surface area (Å²) in [4.78, 5) is 11.4. The SMILES string of the molecule is CCc1cc(F)c2nc(N3CCC(N[C@H]4CCOC4)CC3)c(-c3nc(C)no3)cc2c1. The monoisotopic (exact) mass is 425 g/mol. The molecule has 8 heteroatoms. The predicted octanol–water partition coefficient (Wildman–Crippen LogP) is 3.64. The Labute approximate surface area is 181 Å². The van der Waals surface area contributed by atoms with Gasteiger partial charge in [0.1, 0.15) is 17.2 Å². The molecule has 1 atom stereocenters. The van der Waals surface area contributed by atoms with Gasteiger partial charge in [0.15, 0.2) is 5.82 Å². The third-order valence-electron chi connectivity index (χ3n) is 6.27. The Bertz CT molecular complexity index is 1070. The van der Waals surface area contributed by atoms with Crippen molar-refractivity contribution < 1.29 is 13.7 Å². The average Bonchev–Trinajstić information content (AvgIpc) is 3.45. The average molecular weight is 426 g/mol. The van der Waals surface area contributed by atoms with Gasteiger partial charge >= 0.3 is 0 Å². The van der Waals surface area contributed by atoms with E-state index in [9.17, 15) is 4.39 Å². The van der Waals surface area contributed by atoms with Gasteiger partial charge < -0.3 is 19.5 Å². The van der Waals surface area contributed by atoms with E-state index in [0.29, 0.717) is 35.1 Å². The Morgan fingerprint density at radius 3 is 2.65 bits per heavy atom. The first kappa shape index (κ1) is 20.3. The fourth-order valence-corrected chi connectivity index (χ4v) is 4.56. The minimum Gasteiger partial charge on any atom is -0.380 e. The summed E-state index contributed by atoms with van der Waals surface area (Å²) in [5.41, 5.74) is 2.09. The van der Waals surface area contributed by atoms with Crippen molar-refractivity contribution in [1.29, 1.82) is 0 Å². The number of hydrogen-bond donors (Lipinski definition) is 1. The van der Waals surface area contributed by atoms with Crippen LogP contribution in [0.3, 0.4) is 0 Å². The zero-order chi connectivity index (χ0) is 21.4. The minimum absolute atomic E-state index is 0.290. The third-order valence-corrected chi connectivity index (χ3v) is 6.27. The lowest BCUT2D eigenvalue weighted by molar-refractivity contribution is 0.186. The number of halogens is 1. The van der Waals surface area contributed by atoms with E-state index >= 15 is 0 Å². The molecule has 2 fully saturated rings. The van der Waals surface area contributed by atoms with E-state index in [1.165, 1.54) is 0 Å². The van der Waals surface area contributed by atoms with Crippen molar-refractivity contribution >= 4 is 16.7 Å². The third kappa shape index (κ3) is 4.14. The summed E-state index contributed by atoms with van der Waals surface area (Å²) in [7, 11) is 0. The van der Waals surface area contributed by atoms with Crippen LogP contribution < -0.4 is 10.2 Å². The summed E-state index contributed by atoms with van der Waals surface area (Å²) < 4.78 is 25.8. The highest BCUT2D eigenvalue weighted by Crippen LogP contribution is 2.34. The van der Waals surface area contributed by atoms with Crippen LogP contribution in [0.1, 0.15) is 37.6 Å². The number of pyridine rings is 1. The molecule has 2 aliphatic rings. The molecule has 4 heterocycles. The van der Waals surface area contributed by atoms with Gasteiger partial charge in [0.2, 0.25) is 0 Å². The molecule has 0 spiro atoms. The van der Waals surface area contributed by atoms with Gasteiger partial charge in [-0.15, -0.1) is 0 Å². The van der Waals surface area contributed by atoms with Crippen molar-refractivity contribution in [3.05, 3.63) is 35.4 Å². The number of fused-ring (bicyclic) bond motifs is 1. The van der Waals surface area contributed by atoms with Gasteiger partial charge in [-0.2, -0.15) is 4.98 Å². The topological polar surface area (TPSA) is 76.3 Å². The van der Waals surface area contributed by atoms with Gasteiger partial charge in [-0.25, -0.2) is 9.37 Å². The van der Waals surface area contributed by atoms with Crippen molar-refractivity contribution in [3.8, 4) is 11.5 Å². The molecule has 1 aromatic carbocycles. The molecule has 31 heavy (non-hydrogen) atoms. The number of nitrogens with zero attached hydrogens (tertiary/aromatic N) is 4. The molecule has 2 saturated heterocycles. The molecule has 5 rings (SSSR count). The second-order valence-corrected chi connectivity index (χ2v) is 8.50. The Kier molecular flexibility index (Phi) is 5.58. The standard InChI is InChI=1S/C23H28FN5O2/c1-3-15-10-16-12-19(23-25-14(2)28-31-23)22(27-21(16)20(24)11-15)29-7-4-17(5-8-29)26-18-6-9-30-13-18/h10-12,17-18,26H,3-9,13H2,1-2H3/t18-/m0/s1. The van der Waals surface area contributed by atoms with E-state index in [1.807, 2.05) is 19.1 Å². The van der Waals surface area contributed by atoms with Crippen molar-refractivity contribution in [2.75, 3.05) is 31.2 Å². The first-order valence-corrected chi connectivity index (χ1v) is 11.1. The van der Waals surface area contributed by atoms with Gasteiger partial charge in [0.25, 0.3) is 5.89 Å². The van der Waals surface area contributed by atoms with Crippen LogP contribution in [0.5, 0.6) is 0 Å². The van der Waals surface area contributed by atoms with Crippen LogP contribution in [0.25, 0.3) is 22.4 Å². The van der Waals surface area contributed by atoms with E-state index in [4.69, 9.17) is 14.2 Å². The van der Waals surface area contributed by atoms with Crippen LogP contribution in [0, 0.1) is 12.7 Å². The fraction of sp³-hybridized carbons (Fsp3) is 0.522. The predicted molar refractivity (Wildman–Crippen MR) is 117 cm³/mol. The van der Waals surface area contributed by atoms with E-state index in [1.54, 1.807) is 13.0 Å². The van der Waals surface area contributed by atoms with Gasteiger partial charge in [-0.05, 0) is 56.4 Å². The van der Waals surface area contributed by atoms with Crippen LogP contribution in [0.4, 0.5) is 10.2 Å². The van der Waals surface area contributed by atoms with Crippen LogP contribution in [-0.2, 0) is 11.2 Å². The van der Waals surface area contributed by atoms with Crippen LogP contribution in [-0.4, -0.2) is 53.5 Å². The molecular weight excluding hydrogens is 397 g/mol.